The predicted molar refractivity (Wildman–Crippen MR) is 108 cm³/mol. The van der Waals surface area contributed by atoms with Crippen LogP contribution in [0.25, 0.3) is 0 Å². The Morgan fingerprint density at radius 3 is 1.78 bits per heavy atom. The Kier molecular flexibility index (Phi) is 7.57. The number of ether oxygens (including phenoxy) is 1. The molecule has 0 saturated heterocycles. The Morgan fingerprint density at radius 1 is 0.963 bits per heavy atom. The van der Waals surface area contributed by atoms with E-state index in [-0.39, 0.29) is 5.92 Å². The van der Waals surface area contributed by atoms with Crippen LogP contribution in [0.3, 0.4) is 0 Å². The van der Waals surface area contributed by atoms with Crippen LogP contribution < -0.4 is 0 Å². The van der Waals surface area contributed by atoms with Crippen molar-refractivity contribution < 1.29 is 14.6 Å². The largest absolute Gasteiger partial charge is 0.479 e. The first-order chi connectivity index (χ1) is 12.7. The molecule has 0 aliphatic rings. The molecule has 146 valence electrons. The Morgan fingerprint density at radius 2 is 1.41 bits per heavy atom. The summed E-state index contributed by atoms with van der Waals surface area (Å²) in [5.41, 5.74) is 1.93. The van der Waals surface area contributed by atoms with Gasteiger partial charge in [-0.25, -0.2) is 4.79 Å². The highest BCUT2D eigenvalue weighted by Crippen LogP contribution is 2.20. The molecule has 1 N–H and O–H groups in total. The van der Waals surface area contributed by atoms with Crippen molar-refractivity contribution >= 4 is 5.97 Å². The molecule has 0 aliphatic heterocycles. The van der Waals surface area contributed by atoms with Crippen LogP contribution in [0.1, 0.15) is 38.8 Å². The minimum Gasteiger partial charge on any atom is -0.479 e. The van der Waals surface area contributed by atoms with Crippen LogP contribution in [0, 0.1) is 5.92 Å². The molecule has 4 heteroatoms. The fraction of sp³-hybridized carbons (Fsp3) is 0.435. The SMILES string of the molecule is CC(CN(Cc1ccccc1)Cc1ccccc1)C(OC(C)(C)C)C(=O)O. The molecule has 2 unspecified atom stereocenters. The summed E-state index contributed by atoms with van der Waals surface area (Å²) in [6.45, 7) is 9.79. The second-order valence-electron chi connectivity index (χ2n) is 8.11. The average Bonchev–Trinajstić information content (AvgIpc) is 2.60. The molecule has 0 amide bonds. The van der Waals surface area contributed by atoms with Crippen LogP contribution in [0.4, 0.5) is 0 Å². The number of carboxylic acids is 1. The predicted octanol–water partition coefficient (Wildman–Crippen LogP) is 4.59. The van der Waals surface area contributed by atoms with Crippen LogP contribution in [-0.4, -0.2) is 34.2 Å². The van der Waals surface area contributed by atoms with E-state index in [1.54, 1.807) is 0 Å². The third-order valence-corrected chi connectivity index (χ3v) is 4.28. The lowest BCUT2D eigenvalue weighted by Gasteiger charge is -2.32. The summed E-state index contributed by atoms with van der Waals surface area (Å²) in [5.74, 6) is -1.05. The number of carboxylic acid groups (broad SMARTS) is 1. The van der Waals surface area contributed by atoms with Gasteiger partial charge in [0.1, 0.15) is 0 Å². The second kappa shape index (κ2) is 9.67. The van der Waals surface area contributed by atoms with Crippen LogP contribution in [-0.2, 0) is 22.6 Å². The molecule has 0 aromatic heterocycles. The van der Waals surface area contributed by atoms with E-state index < -0.39 is 17.7 Å². The van der Waals surface area contributed by atoms with E-state index in [1.807, 2.05) is 64.1 Å². The van der Waals surface area contributed by atoms with Crippen LogP contribution >= 0.6 is 0 Å². The Balaban J connectivity index is 2.14. The van der Waals surface area contributed by atoms with Gasteiger partial charge in [-0.1, -0.05) is 67.6 Å². The van der Waals surface area contributed by atoms with Crippen molar-refractivity contribution in [2.75, 3.05) is 6.54 Å². The third kappa shape index (κ3) is 7.53. The van der Waals surface area contributed by atoms with Gasteiger partial charge < -0.3 is 9.84 Å². The molecule has 0 aliphatic carbocycles. The summed E-state index contributed by atoms with van der Waals surface area (Å²) < 4.78 is 5.84. The Labute approximate surface area is 162 Å². The van der Waals surface area contributed by atoms with Gasteiger partial charge in [-0.3, -0.25) is 4.90 Å². The van der Waals surface area contributed by atoms with E-state index in [2.05, 4.69) is 29.2 Å². The van der Waals surface area contributed by atoms with Crippen molar-refractivity contribution in [3.63, 3.8) is 0 Å². The van der Waals surface area contributed by atoms with E-state index in [0.717, 1.165) is 13.1 Å². The number of aliphatic carboxylic acids is 1. The number of hydrogen-bond acceptors (Lipinski definition) is 3. The molecule has 0 radical (unpaired) electrons. The molecular formula is C23H31NO3. The molecule has 0 bridgehead atoms. The van der Waals surface area contributed by atoms with Gasteiger partial charge >= 0.3 is 5.97 Å². The first-order valence-electron chi connectivity index (χ1n) is 9.45. The number of carbonyl (C=O) groups is 1. The molecule has 2 aromatic rings. The van der Waals surface area contributed by atoms with Gasteiger partial charge in [-0.2, -0.15) is 0 Å². The number of benzene rings is 2. The highest BCUT2D eigenvalue weighted by atomic mass is 16.5. The highest BCUT2D eigenvalue weighted by molar-refractivity contribution is 5.72. The maximum absolute atomic E-state index is 11.8. The molecule has 0 fully saturated rings. The second-order valence-corrected chi connectivity index (χ2v) is 8.11. The van der Waals surface area contributed by atoms with Crippen molar-refractivity contribution in [1.82, 2.24) is 4.90 Å². The number of hydrogen-bond donors (Lipinski definition) is 1. The summed E-state index contributed by atoms with van der Waals surface area (Å²) in [6.07, 6.45) is -0.834. The molecule has 27 heavy (non-hydrogen) atoms. The minimum absolute atomic E-state index is 0.144. The first kappa shape index (κ1) is 21.1. The zero-order valence-electron chi connectivity index (χ0n) is 16.8. The van der Waals surface area contributed by atoms with Gasteiger partial charge in [0, 0.05) is 25.6 Å². The highest BCUT2D eigenvalue weighted by Gasteiger charge is 2.31. The molecule has 2 rings (SSSR count). The maximum atomic E-state index is 11.8. The van der Waals surface area contributed by atoms with Gasteiger partial charge in [0.05, 0.1) is 5.60 Å². The smallest absolute Gasteiger partial charge is 0.333 e. The van der Waals surface area contributed by atoms with Crippen molar-refractivity contribution in [3.05, 3.63) is 71.8 Å². The fourth-order valence-corrected chi connectivity index (χ4v) is 3.16. The fourth-order valence-electron chi connectivity index (χ4n) is 3.16. The number of nitrogens with zero attached hydrogens (tertiary/aromatic N) is 1. The summed E-state index contributed by atoms with van der Waals surface area (Å²) in [7, 11) is 0. The molecule has 0 saturated carbocycles. The molecule has 0 heterocycles. The molecular weight excluding hydrogens is 338 g/mol. The molecule has 2 atom stereocenters. The van der Waals surface area contributed by atoms with Gasteiger partial charge in [0.25, 0.3) is 0 Å². The zero-order valence-corrected chi connectivity index (χ0v) is 16.8. The summed E-state index contributed by atoms with van der Waals surface area (Å²) in [6, 6.07) is 20.5. The van der Waals surface area contributed by atoms with Crippen molar-refractivity contribution in [2.24, 2.45) is 5.92 Å². The third-order valence-electron chi connectivity index (χ3n) is 4.28. The lowest BCUT2D eigenvalue weighted by molar-refractivity contribution is -0.166. The quantitative estimate of drug-likeness (QED) is 0.702. The summed E-state index contributed by atoms with van der Waals surface area (Å²) in [4.78, 5) is 14.1. The van der Waals surface area contributed by atoms with Crippen molar-refractivity contribution in [2.45, 2.75) is 52.5 Å². The lowest BCUT2D eigenvalue weighted by Crippen LogP contribution is -2.42. The van der Waals surface area contributed by atoms with Crippen molar-refractivity contribution in [1.29, 1.82) is 0 Å². The van der Waals surface area contributed by atoms with E-state index in [4.69, 9.17) is 4.74 Å². The van der Waals surface area contributed by atoms with Crippen LogP contribution in [0.15, 0.2) is 60.7 Å². The van der Waals surface area contributed by atoms with E-state index >= 15 is 0 Å². The van der Waals surface area contributed by atoms with E-state index in [9.17, 15) is 9.90 Å². The topological polar surface area (TPSA) is 49.8 Å². The minimum atomic E-state index is -0.906. The standard InChI is InChI=1S/C23H31NO3/c1-18(21(22(25)26)27-23(2,3)4)15-24(16-19-11-7-5-8-12-19)17-20-13-9-6-10-14-20/h5-14,18,21H,15-17H2,1-4H3,(H,25,26). The zero-order chi connectivity index (χ0) is 19.9. The lowest BCUT2D eigenvalue weighted by atomic mass is 10.0. The average molecular weight is 370 g/mol. The summed E-state index contributed by atoms with van der Waals surface area (Å²) in [5, 5.41) is 9.66. The first-order valence-corrected chi connectivity index (χ1v) is 9.45. The van der Waals surface area contributed by atoms with Gasteiger partial charge in [-0.15, -0.1) is 0 Å². The van der Waals surface area contributed by atoms with Crippen LogP contribution in [0.2, 0.25) is 0 Å². The van der Waals surface area contributed by atoms with E-state index in [1.165, 1.54) is 11.1 Å². The number of rotatable bonds is 9. The Hall–Kier alpha value is -2.17. The normalized spacial score (nSPS) is 14.1. The van der Waals surface area contributed by atoms with Gasteiger partial charge in [0.2, 0.25) is 0 Å². The molecule has 4 nitrogen and oxygen atoms in total. The monoisotopic (exact) mass is 369 g/mol. The summed E-state index contributed by atoms with van der Waals surface area (Å²) >= 11 is 0. The van der Waals surface area contributed by atoms with Gasteiger partial charge in [-0.05, 0) is 31.9 Å². The van der Waals surface area contributed by atoms with Crippen molar-refractivity contribution in [3.8, 4) is 0 Å². The van der Waals surface area contributed by atoms with Crippen LogP contribution in [0.5, 0.6) is 0 Å². The van der Waals surface area contributed by atoms with Gasteiger partial charge in [0.15, 0.2) is 6.10 Å². The Bertz CT molecular complexity index is 653. The molecule has 0 spiro atoms. The maximum Gasteiger partial charge on any atom is 0.333 e. The van der Waals surface area contributed by atoms with E-state index in [0.29, 0.717) is 6.54 Å². The molecule has 2 aromatic carbocycles.